The molecule has 1 rings (SSSR count). The second-order valence-corrected chi connectivity index (χ2v) is 7.26. The first-order chi connectivity index (χ1) is 8.92. The van der Waals surface area contributed by atoms with E-state index in [1.807, 2.05) is 6.92 Å². The smallest absolute Gasteiger partial charge is 0.203 e. The number of rotatable bonds is 8. The summed E-state index contributed by atoms with van der Waals surface area (Å²) in [7, 11) is 0. The van der Waals surface area contributed by atoms with Gasteiger partial charge in [0, 0.05) is 0 Å². The van der Waals surface area contributed by atoms with Gasteiger partial charge in [-0.2, -0.15) is 0 Å². The molecule has 1 saturated heterocycles. The molecule has 1 aliphatic rings. The molecule has 0 aromatic carbocycles. The topological polar surface area (TPSA) is 54.4 Å². The standard InChI is InChI=1S/C15H26O3S/c1-4-5-6-7-8-9-10-15(3)13(17)12(11(2)16)14(18)19-15/h11-12,16H,4-10H2,1-3H3/t11?,12?,15-/m1/s1. The number of unbranched alkanes of at least 4 members (excludes halogenated alkanes) is 5. The third-order valence-electron chi connectivity index (χ3n) is 3.87. The first-order valence-corrected chi connectivity index (χ1v) is 8.19. The molecule has 0 bridgehead atoms. The van der Waals surface area contributed by atoms with Crippen LogP contribution in [0.5, 0.6) is 0 Å². The largest absolute Gasteiger partial charge is 0.392 e. The van der Waals surface area contributed by atoms with Crippen LogP contribution in [-0.2, 0) is 9.59 Å². The van der Waals surface area contributed by atoms with Gasteiger partial charge < -0.3 is 5.11 Å². The lowest BCUT2D eigenvalue weighted by Crippen LogP contribution is -2.35. The van der Waals surface area contributed by atoms with Crippen molar-refractivity contribution < 1.29 is 14.7 Å². The first kappa shape index (κ1) is 16.7. The summed E-state index contributed by atoms with van der Waals surface area (Å²) in [4.78, 5) is 24.0. The average molecular weight is 286 g/mol. The van der Waals surface area contributed by atoms with E-state index in [0.717, 1.165) is 31.0 Å². The molecular weight excluding hydrogens is 260 g/mol. The van der Waals surface area contributed by atoms with E-state index in [2.05, 4.69) is 6.92 Å². The number of aliphatic hydroxyl groups excluding tert-OH is 1. The maximum Gasteiger partial charge on any atom is 0.203 e. The zero-order chi connectivity index (χ0) is 14.5. The second-order valence-electron chi connectivity index (χ2n) is 5.75. The Labute approximate surface area is 120 Å². The van der Waals surface area contributed by atoms with Gasteiger partial charge in [-0.1, -0.05) is 57.2 Å². The Balaban J connectivity index is 2.40. The Bertz CT molecular complexity index is 327. The highest BCUT2D eigenvalue weighted by atomic mass is 32.2. The molecule has 0 radical (unpaired) electrons. The minimum absolute atomic E-state index is 0.0777. The number of hydrogen-bond acceptors (Lipinski definition) is 4. The van der Waals surface area contributed by atoms with Crippen molar-refractivity contribution in [3.63, 3.8) is 0 Å². The van der Waals surface area contributed by atoms with Crippen molar-refractivity contribution in [2.24, 2.45) is 5.92 Å². The van der Waals surface area contributed by atoms with Gasteiger partial charge in [0.25, 0.3) is 0 Å². The van der Waals surface area contributed by atoms with Crippen molar-refractivity contribution in [2.45, 2.75) is 76.6 Å². The number of Topliss-reactive ketones (excluding diaryl/α,β-unsaturated/α-hetero) is 1. The molecule has 0 amide bonds. The minimum atomic E-state index is -0.862. The van der Waals surface area contributed by atoms with Gasteiger partial charge in [0.2, 0.25) is 5.12 Å². The lowest BCUT2D eigenvalue weighted by atomic mass is 9.88. The number of thioether (sulfide) groups is 1. The molecule has 110 valence electrons. The van der Waals surface area contributed by atoms with Crippen LogP contribution in [0.4, 0.5) is 0 Å². The molecule has 0 aromatic heterocycles. The van der Waals surface area contributed by atoms with Crippen LogP contribution in [0.2, 0.25) is 0 Å². The zero-order valence-corrected chi connectivity index (χ0v) is 13.1. The predicted molar refractivity (Wildman–Crippen MR) is 79.2 cm³/mol. The Morgan fingerprint density at radius 2 is 1.79 bits per heavy atom. The number of hydrogen-bond donors (Lipinski definition) is 1. The van der Waals surface area contributed by atoms with Gasteiger partial charge >= 0.3 is 0 Å². The molecule has 19 heavy (non-hydrogen) atoms. The molecule has 0 aromatic rings. The molecule has 0 aliphatic carbocycles. The van der Waals surface area contributed by atoms with Crippen molar-refractivity contribution in [3.05, 3.63) is 0 Å². The van der Waals surface area contributed by atoms with Crippen LogP contribution < -0.4 is 0 Å². The molecule has 2 unspecified atom stereocenters. The molecule has 3 nitrogen and oxygen atoms in total. The van der Waals surface area contributed by atoms with E-state index in [9.17, 15) is 14.7 Å². The SMILES string of the molecule is CCCCCCCC[C@@]1(C)SC(=O)C(C(C)O)C1=O. The third kappa shape index (κ3) is 4.32. The minimum Gasteiger partial charge on any atom is -0.392 e. The van der Waals surface area contributed by atoms with Crippen LogP contribution in [0, 0.1) is 5.92 Å². The normalized spacial score (nSPS) is 28.9. The Hall–Kier alpha value is -0.350. The van der Waals surface area contributed by atoms with E-state index in [1.54, 1.807) is 0 Å². The van der Waals surface area contributed by atoms with E-state index in [0.29, 0.717) is 0 Å². The fourth-order valence-corrected chi connectivity index (χ4v) is 3.95. The molecule has 1 N–H and O–H groups in total. The van der Waals surface area contributed by atoms with Gasteiger partial charge in [-0.05, 0) is 20.3 Å². The van der Waals surface area contributed by atoms with Crippen molar-refractivity contribution >= 4 is 22.7 Å². The second kappa shape index (κ2) is 7.44. The molecule has 0 saturated carbocycles. The fourth-order valence-electron chi connectivity index (χ4n) is 2.60. The fraction of sp³-hybridized carbons (Fsp3) is 0.867. The van der Waals surface area contributed by atoms with E-state index >= 15 is 0 Å². The Kier molecular flexibility index (Phi) is 6.54. The highest BCUT2D eigenvalue weighted by Crippen LogP contribution is 2.44. The monoisotopic (exact) mass is 286 g/mol. The zero-order valence-electron chi connectivity index (χ0n) is 12.3. The highest BCUT2D eigenvalue weighted by molar-refractivity contribution is 8.16. The van der Waals surface area contributed by atoms with E-state index < -0.39 is 16.8 Å². The maximum absolute atomic E-state index is 12.2. The maximum atomic E-state index is 12.2. The molecule has 1 fully saturated rings. The van der Waals surface area contributed by atoms with Crippen molar-refractivity contribution in [2.75, 3.05) is 0 Å². The molecule has 4 heteroatoms. The van der Waals surface area contributed by atoms with Crippen LogP contribution in [-0.4, -0.2) is 26.9 Å². The van der Waals surface area contributed by atoms with Gasteiger partial charge in [-0.15, -0.1) is 0 Å². The quantitative estimate of drug-likeness (QED) is 0.549. The summed E-state index contributed by atoms with van der Waals surface area (Å²) in [5.41, 5.74) is 0. The Morgan fingerprint density at radius 1 is 1.21 bits per heavy atom. The third-order valence-corrected chi connectivity index (χ3v) is 5.18. The molecule has 1 aliphatic heterocycles. The summed E-state index contributed by atoms with van der Waals surface area (Å²) >= 11 is 1.13. The average Bonchev–Trinajstić information content (AvgIpc) is 2.55. The van der Waals surface area contributed by atoms with E-state index in [1.165, 1.54) is 32.6 Å². The Morgan fingerprint density at radius 3 is 2.32 bits per heavy atom. The van der Waals surface area contributed by atoms with E-state index in [4.69, 9.17) is 0 Å². The summed E-state index contributed by atoms with van der Waals surface area (Å²) in [6, 6.07) is 0. The summed E-state index contributed by atoms with van der Waals surface area (Å²) < 4.78 is -0.608. The summed E-state index contributed by atoms with van der Waals surface area (Å²) in [5.74, 6) is -0.888. The van der Waals surface area contributed by atoms with Crippen molar-refractivity contribution in [1.29, 1.82) is 0 Å². The summed E-state index contributed by atoms with van der Waals surface area (Å²) in [5, 5.41) is 9.38. The lowest BCUT2D eigenvalue weighted by Gasteiger charge is -2.21. The first-order valence-electron chi connectivity index (χ1n) is 7.37. The van der Waals surface area contributed by atoms with Gasteiger partial charge in [0.1, 0.15) is 5.92 Å². The van der Waals surface area contributed by atoms with Crippen LogP contribution >= 0.6 is 11.8 Å². The van der Waals surface area contributed by atoms with Crippen LogP contribution in [0.15, 0.2) is 0 Å². The molecule has 3 atom stereocenters. The summed E-state index contributed by atoms with van der Waals surface area (Å²) in [6.07, 6.45) is 6.95. The molecule has 0 spiro atoms. The van der Waals surface area contributed by atoms with Gasteiger partial charge in [-0.25, -0.2) is 0 Å². The molecular formula is C15H26O3S. The molecule has 1 heterocycles. The lowest BCUT2D eigenvalue weighted by molar-refractivity contribution is -0.132. The number of ketones is 1. The predicted octanol–water partition coefficient (Wildman–Crippen LogP) is 3.34. The van der Waals surface area contributed by atoms with Crippen molar-refractivity contribution in [1.82, 2.24) is 0 Å². The number of carbonyl (C=O) groups excluding carboxylic acids is 2. The van der Waals surface area contributed by atoms with Gasteiger partial charge in [0.15, 0.2) is 5.78 Å². The van der Waals surface area contributed by atoms with Crippen LogP contribution in [0.3, 0.4) is 0 Å². The van der Waals surface area contributed by atoms with Gasteiger partial charge in [-0.3, -0.25) is 9.59 Å². The number of carbonyl (C=O) groups is 2. The van der Waals surface area contributed by atoms with Gasteiger partial charge in [0.05, 0.1) is 10.9 Å². The van der Waals surface area contributed by atoms with E-state index in [-0.39, 0.29) is 10.9 Å². The summed E-state index contributed by atoms with van der Waals surface area (Å²) in [6.45, 7) is 5.57. The van der Waals surface area contributed by atoms with Crippen LogP contribution in [0.1, 0.15) is 65.7 Å². The van der Waals surface area contributed by atoms with Crippen LogP contribution in [0.25, 0.3) is 0 Å². The van der Waals surface area contributed by atoms with Crippen molar-refractivity contribution in [3.8, 4) is 0 Å². The highest BCUT2D eigenvalue weighted by Gasteiger charge is 2.51. The number of aliphatic hydroxyl groups is 1.